The molecule has 2 aliphatic rings. The number of ether oxygens (including phenoxy) is 7. The Morgan fingerprint density at radius 1 is 0.625 bits per heavy atom. The quantitative estimate of drug-likeness (QED) is 0.0401. The van der Waals surface area contributed by atoms with Crippen LogP contribution in [0.3, 0.4) is 0 Å². The number of likely N-dealkylation sites (tertiary alicyclic amines) is 2. The van der Waals surface area contributed by atoms with E-state index in [2.05, 4.69) is 10.6 Å². The molecule has 2 unspecified atom stereocenters. The highest BCUT2D eigenvalue weighted by atomic mass is 35.5. The Morgan fingerprint density at radius 3 is 1.59 bits per heavy atom. The van der Waals surface area contributed by atoms with Gasteiger partial charge in [-0.25, -0.2) is 24.0 Å². The minimum absolute atomic E-state index is 0.0388. The van der Waals surface area contributed by atoms with Gasteiger partial charge in [-0.2, -0.15) is 0 Å². The van der Waals surface area contributed by atoms with Crippen molar-refractivity contribution in [2.75, 3.05) is 39.3 Å². The highest BCUT2D eigenvalue weighted by Crippen LogP contribution is 2.28. The highest BCUT2D eigenvalue weighted by Gasteiger charge is 2.39. The van der Waals surface area contributed by atoms with Crippen molar-refractivity contribution < 1.29 is 66.7 Å². The lowest BCUT2D eigenvalue weighted by molar-refractivity contribution is -0.182. The van der Waals surface area contributed by atoms with Gasteiger partial charge < -0.3 is 59.3 Å². The first-order chi connectivity index (χ1) is 37.6. The number of hydrogen-bond donors (Lipinski definition) is 3. The van der Waals surface area contributed by atoms with Gasteiger partial charge in [0.15, 0.2) is 11.2 Å². The number of hydrogen-bond acceptors (Lipinski definition) is 15. The molecule has 2 aliphatic heterocycles. The number of rotatable bonds is 21. The molecular weight excluding hydrogens is 1080 g/mol. The molecule has 0 aromatic heterocycles. The van der Waals surface area contributed by atoms with Crippen LogP contribution in [-0.2, 0) is 52.7 Å². The van der Waals surface area contributed by atoms with Crippen molar-refractivity contribution in [2.45, 2.75) is 136 Å². The Labute approximate surface area is 476 Å². The minimum Gasteiger partial charge on any atom is -0.476 e. The number of halogens is 2. The maximum atomic E-state index is 13.9. The van der Waals surface area contributed by atoms with E-state index < -0.39 is 71.6 Å². The van der Waals surface area contributed by atoms with E-state index in [1.807, 2.05) is 12.1 Å². The summed E-state index contributed by atoms with van der Waals surface area (Å²) in [4.78, 5) is 96.8. The molecule has 0 aliphatic carbocycles. The molecule has 0 spiro atoms. The summed E-state index contributed by atoms with van der Waals surface area (Å²) in [6.07, 6.45) is -2.55. The van der Waals surface area contributed by atoms with E-state index in [1.165, 1.54) is 56.2 Å². The predicted molar refractivity (Wildman–Crippen MR) is 297 cm³/mol. The molecule has 4 atom stereocenters. The molecule has 4 aromatic rings. The SMILES string of the molecule is CC(OC(=O)N1CC[C@@H](N)C1)OC(=O)C(C)(C)Oc1ccc(CCNC(=O)c2ccc(Cl)cc2CN(C(=O)OC(C)(C)C)[C@@H]2CCN(C(=O)OC(C)OC(=O)C(C)(C)Oc3ccc(CCNC(=O)c4ccc(Cl)cc4)cc3)C2)cc1. The Bertz CT molecular complexity index is 2830. The highest BCUT2D eigenvalue weighted by molar-refractivity contribution is 6.31. The predicted octanol–water partition coefficient (Wildman–Crippen LogP) is 8.85. The Morgan fingerprint density at radius 2 is 1.10 bits per heavy atom. The van der Waals surface area contributed by atoms with Crippen molar-refractivity contribution in [3.63, 3.8) is 0 Å². The standard InChI is InChI=1S/C58H72Cl2N6O14/c1-36(76-53(71)64-30-26-44(61)34-64)74-51(69)57(6,7)79-47-21-12-39(13-22-47)25-29-63-50(68)48-23-18-43(60)32-41(48)33-66(55(73)80-56(3,4)5)45-27-31-65(35-45)54(72)77-37(2)75-52(70)58(8,9)78-46-19-10-38(11-20-46)24-28-62-49(67)40-14-16-42(59)17-15-40/h10-23,32,36-37,44-45H,24-31,33-35,61H2,1-9H3,(H,62,67)(H,63,68)/t36?,37?,44-,45-/m1/s1. The van der Waals surface area contributed by atoms with Crippen LogP contribution in [-0.4, -0.2) is 137 Å². The third kappa shape index (κ3) is 18.4. The molecule has 22 heteroatoms. The first-order valence-electron chi connectivity index (χ1n) is 26.4. The van der Waals surface area contributed by atoms with Crippen LogP contribution in [0.5, 0.6) is 11.5 Å². The molecule has 20 nitrogen and oxygen atoms in total. The second kappa shape index (κ2) is 27.2. The van der Waals surface area contributed by atoms with Gasteiger partial charge in [-0.1, -0.05) is 47.5 Å². The van der Waals surface area contributed by atoms with Gasteiger partial charge in [0.1, 0.15) is 17.1 Å². The second-order valence-electron chi connectivity index (χ2n) is 21.5. The van der Waals surface area contributed by atoms with Crippen LogP contribution in [0.4, 0.5) is 14.4 Å². The molecule has 80 heavy (non-hydrogen) atoms. The molecule has 0 radical (unpaired) electrons. The molecule has 2 saturated heterocycles. The van der Waals surface area contributed by atoms with E-state index in [-0.39, 0.29) is 43.7 Å². The summed E-state index contributed by atoms with van der Waals surface area (Å²) in [6, 6.07) is 24.7. The molecule has 2 fully saturated rings. The zero-order chi connectivity index (χ0) is 58.5. The van der Waals surface area contributed by atoms with Gasteiger partial charge in [0.2, 0.25) is 12.6 Å². The number of carbonyl (C=O) groups is 7. The van der Waals surface area contributed by atoms with Gasteiger partial charge in [-0.3, -0.25) is 14.5 Å². The number of carbonyl (C=O) groups excluding carboxylic acids is 7. The minimum atomic E-state index is -1.48. The fraction of sp³-hybridized carbons (Fsp3) is 0.466. The van der Waals surface area contributed by atoms with Crippen LogP contribution in [0.25, 0.3) is 0 Å². The third-order valence-electron chi connectivity index (χ3n) is 12.8. The molecule has 0 bridgehead atoms. The second-order valence-corrected chi connectivity index (χ2v) is 22.4. The Kier molecular flexibility index (Phi) is 21.1. The number of amides is 5. The van der Waals surface area contributed by atoms with E-state index in [9.17, 15) is 33.6 Å². The average Bonchev–Trinajstić information content (AvgIpc) is 4.09. The summed E-state index contributed by atoms with van der Waals surface area (Å²) in [7, 11) is 0. The van der Waals surface area contributed by atoms with E-state index in [0.29, 0.717) is 78.0 Å². The number of esters is 2. The average molecular weight is 1150 g/mol. The van der Waals surface area contributed by atoms with Gasteiger partial charge >= 0.3 is 30.2 Å². The lowest BCUT2D eigenvalue weighted by Gasteiger charge is -2.32. The van der Waals surface area contributed by atoms with Crippen molar-refractivity contribution in [1.29, 1.82) is 0 Å². The molecule has 4 N–H and O–H groups in total. The molecule has 0 saturated carbocycles. The lowest BCUT2D eigenvalue weighted by Crippen LogP contribution is -2.45. The molecule has 4 aromatic carbocycles. The normalized spacial score (nSPS) is 16.1. The third-order valence-corrected chi connectivity index (χ3v) is 13.3. The molecular formula is C58H72Cl2N6O14. The lowest BCUT2D eigenvalue weighted by atomic mass is 10.0. The van der Waals surface area contributed by atoms with E-state index in [4.69, 9.17) is 62.1 Å². The van der Waals surface area contributed by atoms with Crippen molar-refractivity contribution in [2.24, 2.45) is 5.73 Å². The van der Waals surface area contributed by atoms with Crippen LogP contribution in [0, 0.1) is 0 Å². The van der Waals surface area contributed by atoms with E-state index in [0.717, 1.165) is 11.1 Å². The fourth-order valence-corrected chi connectivity index (χ4v) is 8.82. The maximum Gasteiger partial charge on any atom is 0.412 e. The fourth-order valence-electron chi connectivity index (χ4n) is 8.50. The molecule has 6 rings (SSSR count). The number of nitrogens with two attached hydrogens (primary N) is 1. The maximum absolute atomic E-state index is 13.9. The summed E-state index contributed by atoms with van der Waals surface area (Å²) >= 11 is 12.4. The largest absolute Gasteiger partial charge is 0.476 e. The molecule has 5 amide bonds. The van der Waals surface area contributed by atoms with Gasteiger partial charge in [0.25, 0.3) is 11.8 Å². The van der Waals surface area contributed by atoms with Crippen molar-refractivity contribution in [3.8, 4) is 11.5 Å². The summed E-state index contributed by atoms with van der Waals surface area (Å²) in [5.41, 5.74) is 5.08. The van der Waals surface area contributed by atoms with Crippen LogP contribution >= 0.6 is 23.2 Å². The summed E-state index contributed by atoms with van der Waals surface area (Å²) in [5, 5.41) is 6.69. The number of nitrogens with one attached hydrogen (secondary N) is 2. The summed E-state index contributed by atoms with van der Waals surface area (Å²) in [6.45, 7) is 15.8. The molecule has 432 valence electrons. The zero-order valence-corrected chi connectivity index (χ0v) is 48.2. The van der Waals surface area contributed by atoms with Crippen LogP contribution in [0.15, 0.2) is 91.0 Å². The monoisotopic (exact) mass is 1150 g/mol. The van der Waals surface area contributed by atoms with Crippen LogP contribution in [0.1, 0.15) is 113 Å². The van der Waals surface area contributed by atoms with E-state index in [1.54, 1.807) is 99.6 Å². The van der Waals surface area contributed by atoms with Crippen molar-refractivity contribution in [1.82, 2.24) is 25.3 Å². The topological polar surface area (TPSA) is 244 Å². The smallest absolute Gasteiger partial charge is 0.412 e. The summed E-state index contributed by atoms with van der Waals surface area (Å²) in [5.74, 6) is -1.38. The van der Waals surface area contributed by atoms with Gasteiger partial charge in [0.05, 0.1) is 12.6 Å². The zero-order valence-electron chi connectivity index (χ0n) is 46.6. The number of benzene rings is 4. The first-order valence-corrected chi connectivity index (χ1v) is 27.1. The van der Waals surface area contributed by atoms with Crippen molar-refractivity contribution >= 4 is 65.2 Å². The van der Waals surface area contributed by atoms with Crippen LogP contribution in [0.2, 0.25) is 10.0 Å². The molecule has 2 heterocycles. The van der Waals surface area contributed by atoms with Crippen molar-refractivity contribution in [3.05, 3.63) is 129 Å². The Hall–Kier alpha value is -7.29. The summed E-state index contributed by atoms with van der Waals surface area (Å²) < 4.78 is 39.5. The van der Waals surface area contributed by atoms with Crippen LogP contribution < -0.4 is 25.8 Å². The Balaban J connectivity index is 0.980. The first kappa shape index (κ1) is 61.9. The number of nitrogens with zero attached hydrogens (tertiary/aromatic N) is 3. The van der Waals surface area contributed by atoms with Gasteiger partial charge in [-0.15, -0.1) is 0 Å². The van der Waals surface area contributed by atoms with E-state index >= 15 is 0 Å². The van der Waals surface area contributed by atoms with Gasteiger partial charge in [0, 0.05) is 80.3 Å². The van der Waals surface area contributed by atoms with Gasteiger partial charge in [-0.05, 0) is 158 Å².